The lowest BCUT2D eigenvalue weighted by Crippen LogP contribution is -2.48. The van der Waals surface area contributed by atoms with E-state index in [0.29, 0.717) is 17.5 Å². The number of rotatable bonds is 7. The Labute approximate surface area is 178 Å². The van der Waals surface area contributed by atoms with Crippen LogP contribution in [-0.2, 0) is 9.53 Å². The van der Waals surface area contributed by atoms with Crippen LogP contribution in [0.15, 0.2) is 12.1 Å². The van der Waals surface area contributed by atoms with Gasteiger partial charge in [0.2, 0.25) is 5.91 Å². The summed E-state index contributed by atoms with van der Waals surface area (Å²) >= 11 is 6.43. The van der Waals surface area contributed by atoms with Crippen molar-refractivity contribution in [2.75, 3.05) is 46.2 Å². The number of Topliss-reactive ketones (excluding diaryl/α,β-unsaturated/α-hetero) is 1. The van der Waals surface area contributed by atoms with Crippen molar-refractivity contribution < 1.29 is 27.8 Å². The standard InChI is InChI=1S/C19H24F2N2O4S2/c1-4-16(24)12-7-14(20)18(15(21)8-12)27-10-13-9-23(5-6-26-13)17(25)11-29-19(28)22(2)3/h7-8,13H,4-6,9-11H2,1-3H3. The van der Waals surface area contributed by atoms with E-state index in [1.807, 2.05) is 14.1 Å². The summed E-state index contributed by atoms with van der Waals surface area (Å²) in [6.45, 7) is 2.48. The fourth-order valence-corrected chi connectivity index (χ4v) is 3.49. The molecule has 0 aliphatic carbocycles. The molecule has 1 unspecified atom stereocenters. The molecule has 1 saturated heterocycles. The lowest BCUT2D eigenvalue weighted by Gasteiger charge is -2.33. The molecular formula is C19H24F2N2O4S2. The molecule has 0 saturated carbocycles. The quantitative estimate of drug-likeness (QED) is 0.472. The minimum absolute atomic E-state index is 0.0336. The number of carbonyl (C=O) groups excluding carboxylic acids is 2. The Morgan fingerprint density at radius 3 is 2.59 bits per heavy atom. The van der Waals surface area contributed by atoms with Crippen LogP contribution in [0.1, 0.15) is 23.7 Å². The molecule has 2 rings (SSSR count). The molecule has 1 aliphatic heterocycles. The van der Waals surface area contributed by atoms with Gasteiger partial charge in [-0.25, -0.2) is 8.78 Å². The third-order valence-corrected chi connectivity index (χ3v) is 5.95. The smallest absolute Gasteiger partial charge is 0.233 e. The van der Waals surface area contributed by atoms with Crippen molar-refractivity contribution >= 4 is 40.0 Å². The summed E-state index contributed by atoms with van der Waals surface area (Å²) in [7, 11) is 3.62. The number of hydrogen-bond acceptors (Lipinski definition) is 6. The molecule has 0 radical (unpaired) electrons. The summed E-state index contributed by atoms with van der Waals surface area (Å²) in [4.78, 5) is 27.4. The molecule has 29 heavy (non-hydrogen) atoms. The van der Waals surface area contributed by atoms with Gasteiger partial charge in [-0.1, -0.05) is 30.9 Å². The molecule has 0 bridgehead atoms. The summed E-state index contributed by atoms with van der Waals surface area (Å²) < 4.78 is 39.8. The Kier molecular flexibility index (Phi) is 8.79. The number of ether oxygens (including phenoxy) is 2. The molecule has 0 N–H and O–H groups in total. The van der Waals surface area contributed by atoms with Crippen LogP contribution in [0, 0.1) is 11.6 Å². The van der Waals surface area contributed by atoms with E-state index in [9.17, 15) is 18.4 Å². The first-order valence-electron chi connectivity index (χ1n) is 9.11. The molecular weight excluding hydrogens is 422 g/mol. The van der Waals surface area contributed by atoms with E-state index in [1.54, 1.807) is 16.7 Å². The minimum atomic E-state index is -0.945. The Morgan fingerprint density at radius 1 is 1.34 bits per heavy atom. The van der Waals surface area contributed by atoms with E-state index in [1.165, 1.54) is 11.8 Å². The maximum Gasteiger partial charge on any atom is 0.233 e. The molecule has 0 aromatic heterocycles. The van der Waals surface area contributed by atoms with Gasteiger partial charge in [0.05, 0.1) is 18.9 Å². The van der Waals surface area contributed by atoms with Crippen molar-refractivity contribution in [2.45, 2.75) is 19.4 Å². The van der Waals surface area contributed by atoms with Gasteiger partial charge < -0.3 is 19.3 Å². The molecule has 0 spiro atoms. The maximum absolute atomic E-state index is 14.2. The molecule has 1 heterocycles. The van der Waals surface area contributed by atoms with Gasteiger partial charge >= 0.3 is 0 Å². The number of thioether (sulfide) groups is 1. The first kappa shape index (κ1) is 23.5. The lowest BCUT2D eigenvalue weighted by molar-refractivity contribution is -0.137. The van der Waals surface area contributed by atoms with Crippen LogP contribution in [0.5, 0.6) is 5.75 Å². The van der Waals surface area contributed by atoms with Crippen molar-refractivity contribution in [3.05, 3.63) is 29.3 Å². The molecule has 1 aliphatic rings. The fourth-order valence-electron chi connectivity index (χ4n) is 2.63. The highest BCUT2D eigenvalue weighted by molar-refractivity contribution is 8.23. The van der Waals surface area contributed by atoms with Gasteiger partial charge in [0, 0.05) is 32.6 Å². The average Bonchev–Trinajstić information content (AvgIpc) is 2.70. The van der Waals surface area contributed by atoms with Crippen molar-refractivity contribution in [3.8, 4) is 5.75 Å². The van der Waals surface area contributed by atoms with Crippen molar-refractivity contribution in [1.82, 2.24) is 9.80 Å². The van der Waals surface area contributed by atoms with Gasteiger partial charge in [-0.15, -0.1) is 0 Å². The van der Waals surface area contributed by atoms with E-state index >= 15 is 0 Å². The van der Waals surface area contributed by atoms with Crippen LogP contribution in [0.25, 0.3) is 0 Å². The molecule has 1 aromatic rings. The zero-order valence-electron chi connectivity index (χ0n) is 16.6. The van der Waals surface area contributed by atoms with Crippen molar-refractivity contribution in [2.24, 2.45) is 0 Å². The van der Waals surface area contributed by atoms with Crippen molar-refractivity contribution in [1.29, 1.82) is 0 Å². The normalized spacial score (nSPS) is 16.4. The second kappa shape index (κ2) is 10.8. The molecule has 1 fully saturated rings. The van der Waals surface area contributed by atoms with E-state index < -0.39 is 23.5 Å². The highest BCUT2D eigenvalue weighted by Gasteiger charge is 2.26. The predicted molar refractivity (Wildman–Crippen MR) is 112 cm³/mol. The van der Waals surface area contributed by atoms with Crippen LogP contribution in [0.4, 0.5) is 8.78 Å². The zero-order valence-corrected chi connectivity index (χ0v) is 18.2. The summed E-state index contributed by atoms with van der Waals surface area (Å²) in [5.41, 5.74) is -0.0336. The van der Waals surface area contributed by atoms with Gasteiger partial charge in [0.15, 0.2) is 23.2 Å². The first-order chi connectivity index (χ1) is 13.7. The topological polar surface area (TPSA) is 59.1 Å². The van der Waals surface area contributed by atoms with E-state index in [-0.39, 0.29) is 42.6 Å². The molecule has 1 amide bonds. The number of hydrogen-bond donors (Lipinski definition) is 0. The Hall–Kier alpha value is -1.78. The van der Waals surface area contributed by atoms with Crippen LogP contribution < -0.4 is 4.74 Å². The van der Waals surface area contributed by atoms with Gasteiger partial charge in [-0.05, 0) is 12.1 Å². The molecule has 10 heteroatoms. The second-order valence-corrected chi connectivity index (χ2v) is 8.25. The number of thiocarbonyl (C=S) groups is 1. The van der Waals surface area contributed by atoms with E-state index in [0.717, 1.165) is 12.1 Å². The predicted octanol–water partition coefficient (Wildman–Crippen LogP) is 2.74. The molecule has 6 nitrogen and oxygen atoms in total. The van der Waals surface area contributed by atoms with E-state index in [2.05, 4.69) is 0 Å². The van der Waals surface area contributed by atoms with E-state index in [4.69, 9.17) is 21.7 Å². The summed E-state index contributed by atoms with van der Waals surface area (Å²) in [6.07, 6.45) is -0.370. The number of amides is 1. The van der Waals surface area contributed by atoms with Crippen LogP contribution >= 0.6 is 24.0 Å². The summed E-state index contributed by atoms with van der Waals surface area (Å²) in [5, 5.41) is 0. The van der Waals surface area contributed by atoms with Gasteiger partial charge in [0.25, 0.3) is 0 Å². The Morgan fingerprint density at radius 2 is 2.00 bits per heavy atom. The molecule has 1 atom stereocenters. The van der Waals surface area contributed by atoms with Gasteiger partial charge in [0.1, 0.15) is 17.0 Å². The Bertz CT molecular complexity index is 754. The number of nitrogens with zero attached hydrogens (tertiary/aromatic N) is 2. The maximum atomic E-state index is 14.2. The van der Waals surface area contributed by atoms with Gasteiger partial charge in [-0.3, -0.25) is 9.59 Å². The number of morpholine rings is 1. The number of carbonyl (C=O) groups is 2. The minimum Gasteiger partial charge on any atom is -0.485 e. The number of halogens is 2. The molecule has 1 aromatic carbocycles. The number of benzene rings is 1. The highest BCUT2D eigenvalue weighted by atomic mass is 32.2. The summed E-state index contributed by atoms with van der Waals surface area (Å²) in [6, 6.07) is 1.93. The molecule has 160 valence electrons. The van der Waals surface area contributed by atoms with Crippen molar-refractivity contribution in [3.63, 3.8) is 0 Å². The third kappa shape index (κ3) is 6.61. The summed E-state index contributed by atoms with van der Waals surface area (Å²) in [5.74, 6) is -2.69. The largest absolute Gasteiger partial charge is 0.485 e. The van der Waals surface area contributed by atoms with Crippen LogP contribution in [0.3, 0.4) is 0 Å². The first-order valence-corrected chi connectivity index (χ1v) is 10.5. The zero-order chi connectivity index (χ0) is 21.6. The monoisotopic (exact) mass is 446 g/mol. The lowest BCUT2D eigenvalue weighted by atomic mass is 10.1. The number of ketones is 1. The Balaban J connectivity index is 1.92. The second-order valence-electron chi connectivity index (χ2n) is 6.64. The van der Waals surface area contributed by atoms with Gasteiger partial charge in [-0.2, -0.15) is 0 Å². The average molecular weight is 447 g/mol. The van der Waals surface area contributed by atoms with Crippen LogP contribution in [0.2, 0.25) is 0 Å². The van der Waals surface area contributed by atoms with Crippen LogP contribution in [-0.4, -0.2) is 78.1 Å². The fraction of sp³-hybridized carbons (Fsp3) is 0.526. The highest BCUT2D eigenvalue weighted by Crippen LogP contribution is 2.24. The SMILES string of the molecule is CCC(=O)c1cc(F)c(OCC2CN(C(=O)CSC(=S)N(C)C)CCO2)c(F)c1. The third-order valence-electron chi connectivity index (χ3n) is 4.23.